The van der Waals surface area contributed by atoms with Crippen molar-refractivity contribution in [1.29, 1.82) is 0 Å². The number of anilines is 2. The number of hydrogen-bond donors (Lipinski definition) is 2. The van der Waals surface area contributed by atoms with E-state index in [9.17, 15) is 4.39 Å². The Morgan fingerprint density at radius 3 is 2.87 bits per heavy atom. The summed E-state index contributed by atoms with van der Waals surface area (Å²) in [5.74, 6) is 0.314. The molecule has 1 fully saturated rings. The lowest BCUT2D eigenvalue weighted by Gasteiger charge is -2.32. The number of nitrogens with one attached hydrogen (secondary N) is 2. The predicted octanol–water partition coefficient (Wildman–Crippen LogP) is 4.12. The average molecular weight is 418 g/mol. The maximum Gasteiger partial charge on any atom is 0.227 e. The Labute approximate surface area is 179 Å². The normalized spacial score (nSPS) is 17.2. The summed E-state index contributed by atoms with van der Waals surface area (Å²) < 4.78 is 19.8. The topological polar surface area (TPSA) is 79.0 Å². The Morgan fingerprint density at radius 2 is 2.06 bits per heavy atom. The van der Waals surface area contributed by atoms with Crippen molar-refractivity contribution in [3.05, 3.63) is 77.8 Å². The summed E-state index contributed by atoms with van der Waals surface area (Å²) in [5.41, 5.74) is 4.86. The van der Waals surface area contributed by atoms with Gasteiger partial charge in [0.2, 0.25) is 5.95 Å². The molecule has 4 aromatic rings. The number of aromatic amines is 1. The first-order valence-corrected chi connectivity index (χ1v) is 10.3. The number of ether oxygens (including phenoxy) is 1. The summed E-state index contributed by atoms with van der Waals surface area (Å²) >= 11 is 0. The van der Waals surface area contributed by atoms with Crippen LogP contribution in [0.5, 0.6) is 0 Å². The lowest BCUT2D eigenvalue weighted by Crippen LogP contribution is -2.38. The third-order valence-electron chi connectivity index (χ3n) is 5.55. The standard InChI is InChI=1S/C23H23FN6O/c1-15-19(18-11-16(24)3-5-20(18)28-15)13-30-9-10-31-22(14-30)21-6-4-17(12-27-21)29-23-25-7-2-8-26-23/h2-8,11-12,22,28H,9-10,13-14H2,1H3,(H,25,26,29)/t22-/m1/s1. The van der Waals surface area contributed by atoms with Crippen molar-refractivity contribution in [2.24, 2.45) is 0 Å². The van der Waals surface area contributed by atoms with Gasteiger partial charge in [-0.1, -0.05) is 0 Å². The van der Waals surface area contributed by atoms with Gasteiger partial charge >= 0.3 is 0 Å². The molecule has 1 aromatic carbocycles. The molecule has 158 valence electrons. The van der Waals surface area contributed by atoms with E-state index in [4.69, 9.17) is 4.74 Å². The van der Waals surface area contributed by atoms with E-state index in [0.717, 1.165) is 53.2 Å². The van der Waals surface area contributed by atoms with Crippen LogP contribution in [0.1, 0.15) is 23.1 Å². The van der Waals surface area contributed by atoms with Gasteiger partial charge in [-0.25, -0.2) is 14.4 Å². The van der Waals surface area contributed by atoms with Crippen molar-refractivity contribution >= 4 is 22.5 Å². The van der Waals surface area contributed by atoms with Crippen LogP contribution in [-0.4, -0.2) is 44.5 Å². The molecule has 5 rings (SSSR count). The van der Waals surface area contributed by atoms with E-state index in [1.807, 2.05) is 19.1 Å². The molecule has 4 heterocycles. The predicted molar refractivity (Wildman–Crippen MR) is 117 cm³/mol. The fraction of sp³-hybridized carbons (Fsp3) is 0.261. The number of benzene rings is 1. The highest BCUT2D eigenvalue weighted by atomic mass is 19.1. The summed E-state index contributed by atoms with van der Waals surface area (Å²) in [6.45, 7) is 4.95. The molecule has 1 aliphatic rings. The van der Waals surface area contributed by atoms with Gasteiger partial charge < -0.3 is 15.0 Å². The number of fused-ring (bicyclic) bond motifs is 1. The first-order valence-electron chi connectivity index (χ1n) is 10.3. The fourth-order valence-corrected chi connectivity index (χ4v) is 3.97. The van der Waals surface area contributed by atoms with Gasteiger partial charge in [0, 0.05) is 48.6 Å². The minimum atomic E-state index is -0.216. The van der Waals surface area contributed by atoms with Crippen molar-refractivity contribution in [2.75, 3.05) is 25.0 Å². The summed E-state index contributed by atoms with van der Waals surface area (Å²) in [5, 5.41) is 4.07. The molecule has 0 unspecified atom stereocenters. The molecule has 31 heavy (non-hydrogen) atoms. The number of aryl methyl sites for hydroxylation is 1. The number of rotatable bonds is 5. The van der Waals surface area contributed by atoms with E-state index in [1.54, 1.807) is 36.8 Å². The van der Waals surface area contributed by atoms with Crippen LogP contribution in [0.25, 0.3) is 10.9 Å². The van der Waals surface area contributed by atoms with E-state index in [-0.39, 0.29) is 11.9 Å². The van der Waals surface area contributed by atoms with Crippen molar-refractivity contribution in [3.63, 3.8) is 0 Å². The maximum absolute atomic E-state index is 13.8. The van der Waals surface area contributed by atoms with Crippen LogP contribution in [0.4, 0.5) is 16.0 Å². The second kappa shape index (κ2) is 8.41. The first kappa shape index (κ1) is 19.6. The molecule has 0 saturated carbocycles. The minimum Gasteiger partial charge on any atom is -0.369 e. The van der Waals surface area contributed by atoms with Crippen molar-refractivity contribution in [2.45, 2.75) is 19.6 Å². The summed E-state index contributed by atoms with van der Waals surface area (Å²) in [6, 6.07) is 10.6. The highest BCUT2D eigenvalue weighted by Crippen LogP contribution is 2.27. The van der Waals surface area contributed by atoms with Crippen molar-refractivity contribution < 1.29 is 9.13 Å². The van der Waals surface area contributed by atoms with Crippen molar-refractivity contribution in [1.82, 2.24) is 24.8 Å². The zero-order chi connectivity index (χ0) is 21.2. The van der Waals surface area contributed by atoms with Gasteiger partial charge in [-0.2, -0.15) is 0 Å². The monoisotopic (exact) mass is 418 g/mol. The number of halogens is 1. The summed E-state index contributed by atoms with van der Waals surface area (Å²) in [7, 11) is 0. The molecule has 0 bridgehead atoms. The zero-order valence-electron chi connectivity index (χ0n) is 17.2. The molecule has 8 heteroatoms. The number of pyridine rings is 1. The Bertz CT molecular complexity index is 1180. The summed E-state index contributed by atoms with van der Waals surface area (Å²) in [4.78, 5) is 18.6. The molecule has 0 radical (unpaired) electrons. The Hall–Kier alpha value is -3.36. The zero-order valence-corrected chi connectivity index (χ0v) is 17.2. The lowest BCUT2D eigenvalue weighted by molar-refractivity contribution is -0.0349. The van der Waals surface area contributed by atoms with Crippen LogP contribution in [-0.2, 0) is 11.3 Å². The SMILES string of the molecule is Cc1[nH]c2ccc(F)cc2c1CN1CCO[C@@H](c2ccc(Nc3ncccn3)cn2)C1. The van der Waals surface area contributed by atoms with Crippen LogP contribution >= 0.6 is 0 Å². The molecule has 1 saturated heterocycles. The Kier molecular flexibility index (Phi) is 5.31. The number of H-pyrrole nitrogens is 1. The van der Waals surface area contributed by atoms with Gasteiger partial charge in [-0.3, -0.25) is 9.88 Å². The lowest BCUT2D eigenvalue weighted by atomic mass is 10.1. The van der Waals surface area contributed by atoms with E-state index in [1.165, 1.54) is 6.07 Å². The third-order valence-corrected chi connectivity index (χ3v) is 5.55. The van der Waals surface area contributed by atoms with Crippen LogP contribution in [0.2, 0.25) is 0 Å². The van der Waals surface area contributed by atoms with Gasteiger partial charge in [0.1, 0.15) is 11.9 Å². The number of hydrogen-bond acceptors (Lipinski definition) is 6. The van der Waals surface area contributed by atoms with Gasteiger partial charge in [-0.15, -0.1) is 0 Å². The van der Waals surface area contributed by atoms with Gasteiger partial charge in [-0.05, 0) is 48.9 Å². The van der Waals surface area contributed by atoms with Crippen molar-refractivity contribution in [3.8, 4) is 0 Å². The van der Waals surface area contributed by atoms with E-state index in [2.05, 4.69) is 30.2 Å². The van der Waals surface area contributed by atoms with E-state index in [0.29, 0.717) is 12.6 Å². The number of morpholine rings is 1. The second-order valence-electron chi connectivity index (χ2n) is 7.68. The molecule has 3 aromatic heterocycles. The maximum atomic E-state index is 13.8. The fourth-order valence-electron chi connectivity index (χ4n) is 3.97. The molecule has 0 aliphatic carbocycles. The molecule has 0 amide bonds. The highest BCUT2D eigenvalue weighted by molar-refractivity contribution is 5.84. The van der Waals surface area contributed by atoms with Gasteiger partial charge in [0.25, 0.3) is 0 Å². The van der Waals surface area contributed by atoms with Crippen LogP contribution in [0, 0.1) is 12.7 Å². The van der Waals surface area contributed by atoms with E-state index < -0.39 is 0 Å². The second-order valence-corrected chi connectivity index (χ2v) is 7.68. The molecule has 1 aliphatic heterocycles. The Balaban J connectivity index is 1.28. The molecule has 1 atom stereocenters. The van der Waals surface area contributed by atoms with Crippen LogP contribution < -0.4 is 5.32 Å². The highest BCUT2D eigenvalue weighted by Gasteiger charge is 2.24. The Morgan fingerprint density at radius 1 is 1.19 bits per heavy atom. The van der Waals surface area contributed by atoms with E-state index >= 15 is 0 Å². The molecular weight excluding hydrogens is 395 g/mol. The smallest absolute Gasteiger partial charge is 0.227 e. The minimum absolute atomic E-state index is 0.113. The van der Waals surface area contributed by atoms with Crippen LogP contribution in [0.15, 0.2) is 55.0 Å². The van der Waals surface area contributed by atoms with Gasteiger partial charge in [0.05, 0.1) is 24.2 Å². The van der Waals surface area contributed by atoms with Gasteiger partial charge in [0.15, 0.2) is 0 Å². The van der Waals surface area contributed by atoms with Crippen LogP contribution in [0.3, 0.4) is 0 Å². The summed E-state index contributed by atoms with van der Waals surface area (Å²) in [6.07, 6.45) is 5.02. The first-order chi connectivity index (χ1) is 15.2. The third kappa shape index (κ3) is 4.26. The largest absolute Gasteiger partial charge is 0.369 e. The molecule has 7 nitrogen and oxygen atoms in total. The average Bonchev–Trinajstić information content (AvgIpc) is 3.10. The molecule has 0 spiro atoms. The molecular formula is C23H23FN6O. The number of aromatic nitrogens is 4. The molecule has 2 N–H and O–H groups in total. The quantitative estimate of drug-likeness (QED) is 0.508. The number of nitrogens with zero attached hydrogens (tertiary/aromatic N) is 4.